The highest BCUT2D eigenvalue weighted by Crippen LogP contribution is 2.33. The minimum Gasteiger partial charge on any atom is -0.497 e. The fourth-order valence-electron chi connectivity index (χ4n) is 3.57. The Labute approximate surface area is 191 Å². The van der Waals surface area contributed by atoms with Crippen molar-refractivity contribution in [2.24, 2.45) is 0 Å². The van der Waals surface area contributed by atoms with E-state index in [-0.39, 0.29) is 11.0 Å². The number of methoxy groups -OCH3 is 1. The van der Waals surface area contributed by atoms with E-state index in [1.54, 1.807) is 18.4 Å². The molecule has 0 unspecified atom stereocenters. The van der Waals surface area contributed by atoms with Gasteiger partial charge in [-0.2, -0.15) is 0 Å². The van der Waals surface area contributed by atoms with Crippen LogP contribution < -0.4 is 21.1 Å². The van der Waals surface area contributed by atoms with Crippen molar-refractivity contribution in [3.05, 3.63) is 86.6 Å². The number of nitrogens with one attached hydrogen (secondary N) is 3. The van der Waals surface area contributed by atoms with Gasteiger partial charge in [-0.05, 0) is 35.2 Å². The van der Waals surface area contributed by atoms with E-state index >= 15 is 0 Å². The van der Waals surface area contributed by atoms with Crippen LogP contribution in [0.4, 0.5) is 5.13 Å². The lowest BCUT2D eigenvalue weighted by molar-refractivity contribution is 0.414. The third-order valence-corrected chi connectivity index (χ3v) is 6.21. The van der Waals surface area contributed by atoms with Crippen LogP contribution in [0.25, 0.3) is 10.9 Å². The Morgan fingerprint density at radius 3 is 2.56 bits per heavy atom. The lowest BCUT2D eigenvalue weighted by Crippen LogP contribution is -2.21. The lowest BCUT2D eigenvalue weighted by Gasteiger charge is -2.17. The third kappa shape index (κ3) is 5.00. The molecule has 166 valence electrons. The van der Waals surface area contributed by atoms with Gasteiger partial charge in [-0.15, -0.1) is 11.3 Å². The molecule has 0 saturated carbocycles. The van der Waals surface area contributed by atoms with Gasteiger partial charge in [0.2, 0.25) is 0 Å². The molecule has 0 atom stereocenters. The molecule has 6 nitrogen and oxygen atoms in total. The van der Waals surface area contributed by atoms with E-state index in [2.05, 4.69) is 36.6 Å². The van der Waals surface area contributed by atoms with Crippen LogP contribution in [-0.2, 0) is 18.4 Å². The Morgan fingerprint density at radius 2 is 1.84 bits per heavy atom. The normalized spacial score (nSPS) is 11.6. The van der Waals surface area contributed by atoms with Gasteiger partial charge >= 0.3 is 0 Å². The van der Waals surface area contributed by atoms with Crippen molar-refractivity contribution >= 4 is 27.4 Å². The fraction of sp³-hybridized carbons (Fsp3) is 0.280. The molecular formula is C25H28N4O2S. The van der Waals surface area contributed by atoms with Gasteiger partial charge in [-0.25, -0.2) is 10.4 Å². The number of hydrazine groups is 1. The van der Waals surface area contributed by atoms with Crippen molar-refractivity contribution in [2.75, 3.05) is 12.5 Å². The van der Waals surface area contributed by atoms with Crippen molar-refractivity contribution in [3.63, 3.8) is 0 Å². The molecule has 32 heavy (non-hydrogen) atoms. The second kappa shape index (κ2) is 9.14. The number of para-hydroxylation sites is 1. The van der Waals surface area contributed by atoms with Crippen LogP contribution in [0.1, 0.15) is 42.5 Å². The number of rotatable bonds is 7. The summed E-state index contributed by atoms with van der Waals surface area (Å²) < 4.78 is 5.20. The number of thiazole rings is 1. The predicted octanol–water partition coefficient (Wildman–Crippen LogP) is 5.00. The van der Waals surface area contributed by atoms with E-state index in [0.29, 0.717) is 13.0 Å². The van der Waals surface area contributed by atoms with Crippen molar-refractivity contribution in [3.8, 4) is 5.75 Å². The molecule has 0 radical (unpaired) electrons. The van der Waals surface area contributed by atoms with Crippen LogP contribution >= 0.6 is 11.3 Å². The first-order valence-electron chi connectivity index (χ1n) is 10.6. The molecule has 0 amide bonds. The van der Waals surface area contributed by atoms with Crippen LogP contribution in [0.5, 0.6) is 5.75 Å². The monoisotopic (exact) mass is 448 g/mol. The number of ether oxygens (including phenoxy) is 1. The minimum absolute atomic E-state index is 0.0518. The number of pyridine rings is 1. The molecule has 0 spiro atoms. The molecule has 3 N–H and O–H groups in total. The Kier molecular flexibility index (Phi) is 6.30. The van der Waals surface area contributed by atoms with Crippen LogP contribution in [0.3, 0.4) is 0 Å². The van der Waals surface area contributed by atoms with Gasteiger partial charge in [-0.1, -0.05) is 51.1 Å². The van der Waals surface area contributed by atoms with Gasteiger partial charge in [0.15, 0.2) is 5.13 Å². The highest BCUT2D eigenvalue weighted by atomic mass is 32.1. The van der Waals surface area contributed by atoms with Gasteiger partial charge in [0.1, 0.15) is 5.75 Å². The number of aromatic nitrogens is 2. The number of anilines is 1. The summed E-state index contributed by atoms with van der Waals surface area (Å²) in [6.07, 6.45) is 0.546. The van der Waals surface area contributed by atoms with E-state index in [9.17, 15) is 4.79 Å². The van der Waals surface area contributed by atoms with E-state index in [1.165, 1.54) is 0 Å². The zero-order chi connectivity index (χ0) is 22.7. The molecule has 4 aromatic rings. The Morgan fingerprint density at radius 1 is 1.09 bits per heavy atom. The lowest BCUT2D eigenvalue weighted by atomic mass is 9.90. The van der Waals surface area contributed by atoms with Crippen LogP contribution in [0, 0.1) is 0 Å². The van der Waals surface area contributed by atoms with Gasteiger partial charge in [0, 0.05) is 34.3 Å². The van der Waals surface area contributed by atoms with Gasteiger partial charge in [0.25, 0.3) is 5.56 Å². The number of fused-ring (bicyclic) bond motifs is 1. The summed E-state index contributed by atoms with van der Waals surface area (Å²) in [4.78, 5) is 21.6. The number of H-pyrrole nitrogens is 1. The minimum atomic E-state index is -0.134. The van der Waals surface area contributed by atoms with Crippen LogP contribution in [0.2, 0.25) is 0 Å². The van der Waals surface area contributed by atoms with E-state index in [1.807, 2.05) is 54.6 Å². The molecule has 4 rings (SSSR count). The number of nitrogens with zero attached hydrogens (tertiary/aromatic N) is 1. The summed E-state index contributed by atoms with van der Waals surface area (Å²) in [5.41, 5.74) is 10.0. The highest BCUT2D eigenvalue weighted by Gasteiger charge is 2.24. The maximum Gasteiger partial charge on any atom is 0.251 e. The first kappa shape index (κ1) is 22.0. The van der Waals surface area contributed by atoms with Crippen LogP contribution in [0.15, 0.2) is 59.4 Å². The number of hydrogen-bond acceptors (Lipinski definition) is 6. The average molecular weight is 449 g/mol. The Bertz CT molecular complexity index is 1270. The summed E-state index contributed by atoms with van der Waals surface area (Å²) >= 11 is 1.58. The van der Waals surface area contributed by atoms with E-state index < -0.39 is 0 Å². The molecule has 0 aliphatic carbocycles. The van der Waals surface area contributed by atoms with E-state index in [0.717, 1.165) is 43.5 Å². The first-order chi connectivity index (χ1) is 15.3. The molecule has 0 fully saturated rings. The number of aromatic amines is 1. The molecular weight excluding hydrogens is 420 g/mol. The molecule has 7 heteroatoms. The predicted molar refractivity (Wildman–Crippen MR) is 132 cm³/mol. The molecule has 0 saturated heterocycles. The standard InChI is InChI=1S/C25H28N4O2S/c1-25(2,3)22-21(14-18-13-17-7-5-6-8-20(17)27-23(18)30)32-24(28-22)29-26-15-16-9-11-19(31-4)12-10-16/h5-13,26H,14-15H2,1-4H3,(H,27,30)(H,28,29). The maximum atomic E-state index is 12.7. The van der Waals surface area contributed by atoms with Crippen LogP contribution in [-0.4, -0.2) is 17.1 Å². The summed E-state index contributed by atoms with van der Waals surface area (Å²) in [7, 11) is 1.66. The summed E-state index contributed by atoms with van der Waals surface area (Å²) in [6.45, 7) is 7.08. The smallest absolute Gasteiger partial charge is 0.251 e. The second-order valence-corrected chi connectivity index (χ2v) is 9.84. The van der Waals surface area contributed by atoms with Crippen molar-refractivity contribution in [1.82, 2.24) is 15.4 Å². The maximum absolute atomic E-state index is 12.7. The summed E-state index contributed by atoms with van der Waals surface area (Å²) in [5.74, 6) is 0.838. The molecule has 2 heterocycles. The van der Waals surface area contributed by atoms with Crippen molar-refractivity contribution in [2.45, 2.75) is 39.2 Å². The third-order valence-electron chi connectivity index (χ3n) is 5.24. The zero-order valence-electron chi connectivity index (χ0n) is 18.8. The molecule has 0 aliphatic rings. The zero-order valence-corrected chi connectivity index (χ0v) is 19.6. The topological polar surface area (TPSA) is 79.0 Å². The van der Waals surface area contributed by atoms with Crippen molar-refractivity contribution in [1.29, 1.82) is 0 Å². The Balaban J connectivity index is 1.53. The fourth-order valence-corrected chi connectivity index (χ4v) is 4.74. The first-order valence-corrected chi connectivity index (χ1v) is 11.4. The molecule has 0 bridgehead atoms. The van der Waals surface area contributed by atoms with Gasteiger partial charge in [-0.3, -0.25) is 10.2 Å². The average Bonchev–Trinajstić information content (AvgIpc) is 3.18. The molecule has 2 aromatic carbocycles. The second-order valence-electron chi connectivity index (χ2n) is 8.76. The van der Waals surface area contributed by atoms with Gasteiger partial charge in [0.05, 0.1) is 12.8 Å². The quantitative estimate of drug-likeness (QED) is 0.347. The molecule has 2 aromatic heterocycles. The van der Waals surface area contributed by atoms with Crippen molar-refractivity contribution < 1.29 is 4.74 Å². The summed E-state index contributed by atoms with van der Waals surface area (Å²) in [6, 6.07) is 17.8. The number of hydrogen-bond donors (Lipinski definition) is 3. The highest BCUT2D eigenvalue weighted by molar-refractivity contribution is 7.15. The Hall–Kier alpha value is -3.16. The SMILES string of the molecule is COc1ccc(CNNc2nc(C(C)(C)C)c(Cc3cc4ccccc4[nH]c3=O)s2)cc1. The van der Waals surface area contributed by atoms with Gasteiger partial charge < -0.3 is 9.72 Å². The number of benzene rings is 2. The summed E-state index contributed by atoms with van der Waals surface area (Å²) in [5, 5.41) is 1.82. The molecule has 0 aliphatic heterocycles. The largest absolute Gasteiger partial charge is 0.497 e. The van der Waals surface area contributed by atoms with E-state index in [4.69, 9.17) is 9.72 Å².